The minimum absolute atomic E-state index is 0.000705. The van der Waals surface area contributed by atoms with Crippen molar-refractivity contribution in [1.29, 1.82) is 0 Å². The summed E-state index contributed by atoms with van der Waals surface area (Å²) in [7, 11) is 3.04. The molecule has 1 aromatic heterocycles. The molecule has 0 aliphatic carbocycles. The number of unbranched alkanes of at least 4 members (excludes halogenated alkanes) is 1. The van der Waals surface area contributed by atoms with Gasteiger partial charge >= 0.3 is 0 Å². The fourth-order valence-corrected chi connectivity index (χ4v) is 4.30. The Balaban J connectivity index is 1.79. The normalized spacial score (nSPS) is 16.6. The molecule has 2 heterocycles. The number of amides is 1. The molecule has 0 bridgehead atoms. The van der Waals surface area contributed by atoms with Crippen LogP contribution in [-0.2, 0) is 16.1 Å². The maximum atomic E-state index is 13.3. The van der Waals surface area contributed by atoms with Gasteiger partial charge in [0.05, 0.1) is 32.4 Å². The molecule has 1 unspecified atom stereocenters. The molecular weight excluding hydrogens is 472 g/mol. The molecule has 37 heavy (non-hydrogen) atoms. The molecule has 1 atom stereocenters. The van der Waals surface area contributed by atoms with E-state index in [1.165, 1.54) is 19.1 Å². The number of ketones is 1. The van der Waals surface area contributed by atoms with Gasteiger partial charge in [-0.15, -0.1) is 0 Å². The first-order valence-corrected chi connectivity index (χ1v) is 12.1. The monoisotopic (exact) mass is 502 g/mol. The summed E-state index contributed by atoms with van der Waals surface area (Å²) in [5.74, 6) is -0.103. The van der Waals surface area contributed by atoms with Crippen LogP contribution in [0.2, 0.25) is 0 Å². The highest BCUT2D eigenvalue weighted by molar-refractivity contribution is 6.46. The molecular formula is C29H30N2O6. The van der Waals surface area contributed by atoms with E-state index in [2.05, 4.69) is 11.9 Å². The number of hydrogen-bond donors (Lipinski definition) is 1. The second-order valence-corrected chi connectivity index (χ2v) is 8.63. The Hall–Kier alpha value is -4.33. The third-order valence-corrected chi connectivity index (χ3v) is 6.23. The highest BCUT2D eigenvalue weighted by Gasteiger charge is 2.46. The number of carbonyl (C=O) groups excluding carboxylic acids is 2. The molecule has 8 heteroatoms. The summed E-state index contributed by atoms with van der Waals surface area (Å²) in [6.45, 7) is 2.82. The number of methoxy groups -OCH3 is 2. The van der Waals surface area contributed by atoms with E-state index in [1.54, 1.807) is 60.9 Å². The summed E-state index contributed by atoms with van der Waals surface area (Å²) >= 11 is 0. The largest absolute Gasteiger partial charge is 0.507 e. The van der Waals surface area contributed by atoms with Crippen LogP contribution in [0.3, 0.4) is 0 Å². The number of nitrogens with zero attached hydrogens (tertiary/aromatic N) is 2. The zero-order valence-electron chi connectivity index (χ0n) is 21.1. The summed E-state index contributed by atoms with van der Waals surface area (Å²) in [5, 5.41) is 11.3. The smallest absolute Gasteiger partial charge is 0.295 e. The molecule has 0 saturated carbocycles. The van der Waals surface area contributed by atoms with Gasteiger partial charge in [-0.2, -0.15) is 0 Å². The molecule has 1 fully saturated rings. The van der Waals surface area contributed by atoms with E-state index in [0.717, 1.165) is 18.4 Å². The maximum absolute atomic E-state index is 13.3. The summed E-state index contributed by atoms with van der Waals surface area (Å²) in [5.41, 5.74) is 1.76. The van der Waals surface area contributed by atoms with E-state index in [-0.39, 0.29) is 17.9 Å². The molecule has 192 valence electrons. The van der Waals surface area contributed by atoms with Crippen molar-refractivity contribution >= 4 is 17.4 Å². The number of aliphatic hydroxyl groups is 1. The van der Waals surface area contributed by atoms with Crippen molar-refractivity contribution in [3.05, 3.63) is 89.3 Å². The van der Waals surface area contributed by atoms with E-state index in [1.807, 2.05) is 6.07 Å². The SMILES string of the molecule is CCCCOc1ccc(C(O)=C2C(=O)C(=O)N(Cc3cccnc3)C2c2ccc(OC)c(OC)c2)cc1. The predicted molar refractivity (Wildman–Crippen MR) is 138 cm³/mol. The number of ether oxygens (including phenoxy) is 3. The van der Waals surface area contributed by atoms with Crippen LogP contribution < -0.4 is 14.2 Å². The third-order valence-electron chi connectivity index (χ3n) is 6.23. The van der Waals surface area contributed by atoms with Crippen LogP contribution in [0.15, 0.2) is 72.6 Å². The minimum Gasteiger partial charge on any atom is -0.507 e. The number of hydrogen-bond acceptors (Lipinski definition) is 7. The minimum atomic E-state index is -0.847. The van der Waals surface area contributed by atoms with E-state index in [0.29, 0.717) is 35.0 Å². The Morgan fingerprint density at radius 1 is 1.03 bits per heavy atom. The Morgan fingerprint density at radius 3 is 2.43 bits per heavy atom. The van der Waals surface area contributed by atoms with Gasteiger partial charge in [0.15, 0.2) is 11.5 Å². The van der Waals surface area contributed by atoms with Gasteiger partial charge in [-0.1, -0.05) is 25.5 Å². The molecule has 1 saturated heterocycles. The summed E-state index contributed by atoms with van der Waals surface area (Å²) < 4.78 is 16.5. The van der Waals surface area contributed by atoms with Crippen molar-refractivity contribution in [1.82, 2.24) is 9.88 Å². The zero-order valence-corrected chi connectivity index (χ0v) is 21.1. The Kier molecular flexibility index (Phi) is 8.08. The Bertz CT molecular complexity index is 1290. The molecule has 1 aliphatic heterocycles. The fraction of sp³-hybridized carbons (Fsp3) is 0.276. The molecule has 8 nitrogen and oxygen atoms in total. The first kappa shape index (κ1) is 25.8. The van der Waals surface area contributed by atoms with Gasteiger partial charge in [-0.3, -0.25) is 14.6 Å². The topological polar surface area (TPSA) is 98.2 Å². The summed E-state index contributed by atoms with van der Waals surface area (Å²) in [6, 6.07) is 14.8. The lowest BCUT2D eigenvalue weighted by Gasteiger charge is -2.26. The molecule has 4 rings (SSSR count). The first-order valence-electron chi connectivity index (χ1n) is 12.1. The third kappa shape index (κ3) is 5.43. The maximum Gasteiger partial charge on any atom is 0.295 e. The number of aromatic nitrogens is 1. The lowest BCUT2D eigenvalue weighted by molar-refractivity contribution is -0.140. The molecule has 2 aromatic carbocycles. The van der Waals surface area contributed by atoms with Gasteiger partial charge in [0.25, 0.3) is 11.7 Å². The van der Waals surface area contributed by atoms with Gasteiger partial charge in [0.1, 0.15) is 11.5 Å². The summed E-state index contributed by atoms with van der Waals surface area (Å²) in [4.78, 5) is 32.1. The lowest BCUT2D eigenvalue weighted by Crippen LogP contribution is -2.29. The highest BCUT2D eigenvalue weighted by Crippen LogP contribution is 2.42. The quantitative estimate of drug-likeness (QED) is 0.182. The van der Waals surface area contributed by atoms with Gasteiger partial charge in [-0.05, 0) is 60.0 Å². The second-order valence-electron chi connectivity index (χ2n) is 8.63. The van der Waals surface area contributed by atoms with Crippen molar-refractivity contribution in [3.8, 4) is 17.2 Å². The van der Waals surface area contributed by atoms with Crippen LogP contribution in [0, 0.1) is 0 Å². The summed E-state index contributed by atoms with van der Waals surface area (Å²) in [6.07, 6.45) is 5.24. The first-order chi connectivity index (χ1) is 18.0. The Labute approximate surface area is 216 Å². The number of Topliss-reactive ketones (excluding diaryl/α,β-unsaturated/α-hetero) is 1. The van der Waals surface area contributed by atoms with Crippen LogP contribution in [0.1, 0.15) is 42.5 Å². The average Bonchev–Trinajstić information content (AvgIpc) is 3.18. The van der Waals surface area contributed by atoms with E-state index < -0.39 is 17.7 Å². The van der Waals surface area contributed by atoms with Gasteiger partial charge in [-0.25, -0.2) is 0 Å². The van der Waals surface area contributed by atoms with Crippen LogP contribution in [-0.4, -0.2) is 47.5 Å². The van der Waals surface area contributed by atoms with Crippen LogP contribution in [0.5, 0.6) is 17.2 Å². The highest BCUT2D eigenvalue weighted by atomic mass is 16.5. The average molecular weight is 503 g/mol. The molecule has 0 spiro atoms. The fourth-order valence-electron chi connectivity index (χ4n) is 4.30. The van der Waals surface area contributed by atoms with Gasteiger partial charge in [0, 0.05) is 24.5 Å². The van der Waals surface area contributed by atoms with Gasteiger partial charge in [0.2, 0.25) is 0 Å². The van der Waals surface area contributed by atoms with E-state index >= 15 is 0 Å². The van der Waals surface area contributed by atoms with Crippen LogP contribution in [0.4, 0.5) is 0 Å². The molecule has 3 aromatic rings. The molecule has 1 aliphatic rings. The number of carbonyl (C=O) groups is 2. The van der Waals surface area contributed by atoms with Crippen molar-refractivity contribution in [2.45, 2.75) is 32.4 Å². The number of rotatable bonds is 10. The molecule has 1 N–H and O–H groups in total. The zero-order chi connectivity index (χ0) is 26.4. The van der Waals surface area contributed by atoms with Crippen molar-refractivity contribution in [2.75, 3.05) is 20.8 Å². The van der Waals surface area contributed by atoms with E-state index in [9.17, 15) is 14.7 Å². The van der Waals surface area contributed by atoms with E-state index in [4.69, 9.17) is 14.2 Å². The Morgan fingerprint density at radius 2 is 1.78 bits per heavy atom. The van der Waals surface area contributed by atoms with Crippen molar-refractivity contribution in [2.24, 2.45) is 0 Å². The van der Waals surface area contributed by atoms with Crippen LogP contribution >= 0.6 is 0 Å². The molecule has 0 radical (unpaired) electrons. The molecule has 1 amide bonds. The number of pyridine rings is 1. The number of benzene rings is 2. The lowest BCUT2D eigenvalue weighted by atomic mass is 9.94. The van der Waals surface area contributed by atoms with Gasteiger partial charge < -0.3 is 24.2 Å². The predicted octanol–water partition coefficient (Wildman–Crippen LogP) is 4.90. The number of aliphatic hydroxyl groups excluding tert-OH is 1. The van der Waals surface area contributed by atoms with Crippen molar-refractivity contribution < 1.29 is 28.9 Å². The number of likely N-dealkylation sites (tertiary alicyclic amines) is 1. The van der Waals surface area contributed by atoms with Crippen molar-refractivity contribution in [3.63, 3.8) is 0 Å². The second kappa shape index (κ2) is 11.6. The van der Waals surface area contributed by atoms with Crippen LogP contribution in [0.25, 0.3) is 5.76 Å². The standard InChI is InChI=1S/C29H30N2O6/c1-4-5-15-37-22-11-8-20(9-12-22)27(32)25-26(21-10-13-23(35-2)24(16-21)36-3)31(29(34)28(25)33)18-19-7-6-14-30-17-19/h6-14,16-17,26,32H,4-5,15,18H2,1-3H3.